The minimum atomic E-state index is 0. The Balaban J connectivity index is 0. The normalized spacial score (nSPS) is 0. The van der Waals surface area contributed by atoms with Crippen molar-refractivity contribution < 1.29 is 43.4 Å². The molecule has 0 aromatic heterocycles. The summed E-state index contributed by atoms with van der Waals surface area (Å²) in [6, 6.07) is 0. The van der Waals surface area contributed by atoms with E-state index in [1.165, 1.54) is 0 Å². The van der Waals surface area contributed by atoms with Crippen molar-refractivity contribution in [1.82, 2.24) is 0 Å². The van der Waals surface area contributed by atoms with Gasteiger partial charge >= 0.3 is 22.4 Å². The summed E-state index contributed by atoms with van der Waals surface area (Å²) in [7, 11) is 0. The molecule has 0 saturated heterocycles. The van der Waals surface area contributed by atoms with Crippen LogP contribution in [0.1, 0.15) is 0 Å². The monoisotopic (exact) mass is 341 g/mol. The van der Waals surface area contributed by atoms with E-state index in [9.17, 15) is 0 Å². The Morgan fingerprint density at radius 3 is 0.750 bits per heavy atom. The van der Waals surface area contributed by atoms with Gasteiger partial charge in [-0.15, -0.1) is 0 Å². The van der Waals surface area contributed by atoms with Gasteiger partial charge in [-0.3, -0.25) is 0 Å². The van der Waals surface area contributed by atoms with Gasteiger partial charge in [-0.05, 0) is 0 Å². The van der Waals surface area contributed by atoms with E-state index in [0.717, 1.165) is 0 Å². The molecule has 4 heteroatoms. The smallest absolute Gasteiger partial charge is 2.00 e. The van der Waals surface area contributed by atoms with Crippen LogP contribution in [0.15, 0.2) is 0 Å². The average Bonchev–Trinajstić information content (AvgIpc) is 0. The predicted molar refractivity (Wildman–Crippen MR) is 14.7 cm³/mol. The Morgan fingerprint density at radius 1 is 0.750 bits per heavy atom. The Bertz CT molecular complexity index is 6.00. The quantitative estimate of drug-likeness (QED) is 0.544. The van der Waals surface area contributed by atoms with E-state index in [4.69, 9.17) is 0 Å². The van der Waals surface area contributed by atoms with Crippen LogP contribution in [0.25, 0.3) is 0 Å². The van der Waals surface area contributed by atoms with Crippen molar-refractivity contribution >= 4 is 27.0 Å². The van der Waals surface area contributed by atoms with E-state index in [2.05, 4.69) is 0 Å². The minimum Gasteiger partial charge on any atom is -2.00 e. The van der Waals surface area contributed by atoms with Crippen molar-refractivity contribution in [2.24, 2.45) is 0 Å². The standard InChI is InChI=1S/Nb.2S.W/q+5;2*-2;. The van der Waals surface area contributed by atoms with Crippen molar-refractivity contribution in [3.63, 3.8) is 0 Å². The Hall–Kier alpha value is 2.13. The fourth-order valence-electron chi connectivity index (χ4n) is 0. The van der Waals surface area contributed by atoms with Gasteiger partial charge < -0.3 is 27.0 Å². The van der Waals surface area contributed by atoms with Gasteiger partial charge in [0.25, 0.3) is 0 Å². The second kappa shape index (κ2) is 19.3. The molecule has 4 heavy (non-hydrogen) atoms. The second-order valence-corrected chi connectivity index (χ2v) is 0. The topological polar surface area (TPSA) is 0 Å². The van der Waals surface area contributed by atoms with Crippen molar-refractivity contribution in [3.05, 3.63) is 0 Å². The van der Waals surface area contributed by atoms with Crippen molar-refractivity contribution in [1.29, 1.82) is 0 Å². The molecule has 0 rings (SSSR count). The Morgan fingerprint density at radius 2 is 0.750 bits per heavy atom. The average molecular weight is 341 g/mol. The molecular weight excluding hydrogens is 341 g/mol. The third kappa shape index (κ3) is 8.92. The molecule has 0 atom stereocenters. The van der Waals surface area contributed by atoms with Crippen LogP contribution in [0.5, 0.6) is 0 Å². The molecule has 0 heterocycles. The summed E-state index contributed by atoms with van der Waals surface area (Å²) in [5, 5.41) is 0. The maximum absolute atomic E-state index is 0. The summed E-state index contributed by atoms with van der Waals surface area (Å²) in [5.41, 5.74) is 0. The maximum Gasteiger partial charge on any atom is 5.00 e. The van der Waals surface area contributed by atoms with Crippen LogP contribution in [0.3, 0.4) is 0 Å². The summed E-state index contributed by atoms with van der Waals surface area (Å²) >= 11 is 0. The minimum absolute atomic E-state index is 0. The largest absolute Gasteiger partial charge is 5.00 e. The van der Waals surface area contributed by atoms with E-state index >= 15 is 0 Å². The molecule has 0 unspecified atom stereocenters. The van der Waals surface area contributed by atoms with Crippen LogP contribution < -0.4 is 0 Å². The molecule has 22 valence electrons. The van der Waals surface area contributed by atoms with Crippen LogP contribution in [-0.4, -0.2) is 0 Å². The first-order chi connectivity index (χ1) is 0. The number of hydrogen-bond acceptors (Lipinski definition) is 0. The van der Waals surface area contributed by atoms with Gasteiger partial charge in [0.1, 0.15) is 0 Å². The van der Waals surface area contributed by atoms with Crippen LogP contribution in [0, 0.1) is 0 Å². The molecule has 0 nitrogen and oxygen atoms in total. The zero-order valence-corrected chi connectivity index (χ0v) is 8.44. The number of hydrogen-bond donors (Lipinski definition) is 0. The zero-order valence-electron chi connectivity index (χ0n) is 1.67. The summed E-state index contributed by atoms with van der Waals surface area (Å²) in [6.07, 6.45) is 0. The fourth-order valence-corrected chi connectivity index (χ4v) is 0. The molecule has 0 spiro atoms. The fraction of sp³-hybridized carbons (Fsp3) is 0. The Kier molecular flexibility index (Phi) is 172. The van der Waals surface area contributed by atoms with Crippen molar-refractivity contribution in [2.75, 3.05) is 0 Å². The van der Waals surface area contributed by atoms with Crippen LogP contribution in [0.4, 0.5) is 0 Å². The molecule has 0 fully saturated rings. The van der Waals surface area contributed by atoms with Crippen LogP contribution in [0.2, 0.25) is 0 Å². The molecule has 0 N–H and O–H groups in total. The van der Waals surface area contributed by atoms with E-state index in [0.29, 0.717) is 0 Å². The molecule has 0 amide bonds. The van der Waals surface area contributed by atoms with Crippen LogP contribution >= 0.6 is 0 Å². The SMILES string of the molecule is [Nb+5].[S-2].[S-2].[W]. The molecule has 0 saturated carbocycles. The summed E-state index contributed by atoms with van der Waals surface area (Å²) < 4.78 is 0. The molecule has 0 aliphatic carbocycles. The molecule has 0 bridgehead atoms. The maximum atomic E-state index is 0. The zero-order chi connectivity index (χ0) is 0. The first kappa shape index (κ1) is 35.6. The predicted octanol–water partition coefficient (Wildman–Crippen LogP) is -0.00980. The van der Waals surface area contributed by atoms with Crippen molar-refractivity contribution in [3.8, 4) is 0 Å². The van der Waals surface area contributed by atoms with Crippen LogP contribution in [-0.2, 0) is 70.4 Å². The molecule has 0 aliphatic heterocycles. The van der Waals surface area contributed by atoms with E-state index in [-0.39, 0.29) is 70.4 Å². The van der Waals surface area contributed by atoms with Gasteiger partial charge in [0, 0.05) is 21.1 Å². The van der Waals surface area contributed by atoms with E-state index in [1.54, 1.807) is 0 Å². The van der Waals surface area contributed by atoms with Gasteiger partial charge in [0.05, 0.1) is 0 Å². The van der Waals surface area contributed by atoms with Gasteiger partial charge in [0.2, 0.25) is 0 Å². The molecule has 0 aromatic rings. The van der Waals surface area contributed by atoms with E-state index < -0.39 is 0 Å². The number of rotatable bonds is 0. The second-order valence-electron chi connectivity index (χ2n) is 0. The van der Waals surface area contributed by atoms with Gasteiger partial charge in [-0.2, -0.15) is 0 Å². The van der Waals surface area contributed by atoms with Gasteiger partial charge in [-0.1, -0.05) is 0 Å². The third-order valence-corrected chi connectivity index (χ3v) is 0. The summed E-state index contributed by atoms with van der Waals surface area (Å²) in [4.78, 5) is 0. The molecular formula is NbS2W+. The third-order valence-electron chi connectivity index (χ3n) is 0. The van der Waals surface area contributed by atoms with Crippen molar-refractivity contribution in [2.45, 2.75) is 0 Å². The summed E-state index contributed by atoms with van der Waals surface area (Å²) in [5.74, 6) is 0. The summed E-state index contributed by atoms with van der Waals surface area (Å²) in [6.45, 7) is 0. The van der Waals surface area contributed by atoms with E-state index in [1.807, 2.05) is 0 Å². The molecule has 0 aromatic carbocycles. The molecule has 0 aliphatic rings. The Labute approximate surface area is 69.8 Å². The van der Waals surface area contributed by atoms with Gasteiger partial charge in [-0.25, -0.2) is 0 Å². The molecule has 0 radical (unpaired) electrons. The first-order valence-electron chi connectivity index (χ1n) is 0. The first-order valence-corrected chi connectivity index (χ1v) is 0. The van der Waals surface area contributed by atoms with Gasteiger partial charge in [0.15, 0.2) is 0 Å².